The van der Waals surface area contributed by atoms with E-state index < -0.39 is 0 Å². The Bertz CT molecular complexity index is 1270. The maximum absolute atomic E-state index is 10.8. The van der Waals surface area contributed by atoms with Crippen LogP contribution in [0.15, 0.2) is 28.7 Å². The quantitative estimate of drug-likeness (QED) is 0.273. The minimum Gasteiger partial charge on any atom is -0.499 e. The van der Waals surface area contributed by atoms with E-state index in [0.29, 0.717) is 5.56 Å². The first-order valence-corrected chi connectivity index (χ1v) is 14.8. The third-order valence-corrected chi connectivity index (χ3v) is 8.56. The first kappa shape index (κ1) is 26.5. The Morgan fingerprint density at radius 3 is 1.97 bits per heavy atom. The molecule has 37 heavy (non-hydrogen) atoms. The van der Waals surface area contributed by atoms with Crippen LogP contribution in [0.3, 0.4) is 0 Å². The summed E-state index contributed by atoms with van der Waals surface area (Å²) in [6.45, 7) is 6.82. The molecule has 0 saturated carbocycles. The Balaban J connectivity index is 1.51. The lowest BCUT2D eigenvalue weighted by Gasteiger charge is -2.27. The summed E-state index contributed by atoms with van der Waals surface area (Å²) in [4.78, 5) is 5.11. The smallest absolute Gasteiger partial charge is 0.189 e. The van der Waals surface area contributed by atoms with Crippen LogP contribution in [0, 0.1) is 0 Å². The molecule has 0 spiro atoms. The number of hydrogen-bond acceptors (Lipinski definition) is 5. The Morgan fingerprint density at radius 1 is 0.757 bits per heavy atom. The Morgan fingerprint density at radius 2 is 1.38 bits per heavy atom. The van der Waals surface area contributed by atoms with Crippen LogP contribution in [0.2, 0.25) is 0 Å². The molecule has 5 nitrogen and oxygen atoms in total. The molecule has 7 heteroatoms. The van der Waals surface area contributed by atoms with Gasteiger partial charge in [0.2, 0.25) is 0 Å². The van der Waals surface area contributed by atoms with Gasteiger partial charge in [-0.15, -0.1) is 0 Å². The Kier molecular flexibility index (Phi) is 8.75. The molecule has 2 N–H and O–H groups in total. The Labute approximate surface area is 230 Å². The fourth-order valence-corrected chi connectivity index (χ4v) is 6.65. The highest BCUT2D eigenvalue weighted by molar-refractivity contribution is 7.80. The summed E-state index contributed by atoms with van der Waals surface area (Å²) in [5.41, 5.74) is 5.11. The number of thiocarbonyl (C=S) groups is 2. The first-order valence-electron chi connectivity index (χ1n) is 13.9. The summed E-state index contributed by atoms with van der Waals surface area (Å²) in [6, 6.07) is 7.64. The summed E-state index contributed by atoms with van der Waals surface area (Å²) in [7, 11) is 0. The molecule has 0 aliphatic carbocycles. The van der Waals surface area contributed by atoms with Crippen molar-refractivity contribution in [3.8, 4) is 0 Å². The standard InChI is InChI=1S/C30H38N2O3S2/c33-29(36)22-11-12-25-24(19-22)28-23(10-8-18-32-15-5-2-6-16-32)27(30(34)37)21(20-26(28)35-25)9-7-17-31-13-3-1-4-14-31/h11-12,19-20H,1-10,13-18H2,(H,33,36)(H,34,37). The van der Waals surface area contributed by atoms with Gasteiger partial charge in [0.1, 0.15) is 11.2 Å². The highest BCUT2D eigenvalue weighted by Gasteiger charge is 2.22. The van der Waals surface area contributed by atoms with Crippen LogP contribution in [-0.4, -0.2) is 69.4 Å². The van der Waals surface area contributed by atoms with Crippen LogP contribution < -0.4 is 0 Å². The fraction of sp³-hybridized carbons (Fsp3) is 0.533. The number of aliphatic hydroxyl groups excluding tert-OH is 2. The van der Waals surface area contributed by atoms with Crippen molar-refractivity contribution in [2.24, 2.45) is 0 Å². The van der Waals surface area contributed by atoms with Crippen molar-refractivity contribution in [3.63, 3.8) is 0 Å². The number of aryl methyl sites for hydroxylation is 2. The molecule has 2 aliphatic heterocycles. The molecule has 0 unspecified atom stereocenters. The molecule has 1 aromatic heterocycles. The van der Waals surface area contributed by atoms with Gasteiger partial charge in [-0.3, -0.25) is 0 Å². The fourth-order valence-electron chi connectivity index (χ4n) is 6.26. The van der Waals surface area contributed by atoms with Gasteiger partial charge in [0.15, 0.2) is 10.1 Å². The lowest BCUT2D eigenvalue weighted by molar-refractivity contribution is 0.226. The van der Waals surface area contributed by atoms with E-state index in [-0.39, 0.29) is 10.1 Å². The van der Waals surface area contributed by atoms with Crippen molar-refractivity contribution in [3.05, 3.63) is 46.5 Å². The van der Waals surface area contributed by atoms with Gasteiger partial charge in [0.05, 0.1) is 0 Å². The molecule has 2 aliphatic rings. The zero-order valence-corrected chi connectivity index (χ0v) is 23.3. The maximum atomic E-state index is 10.8. The number of likely N-dealkylation sites (tertiary alicyclic amines) is 2. The number of benzene rings is 2. The number of piperidine rings is 2. The zero-order valence-electron chi connectivity index (χ0n) is 21.6. The van der Waals surface area contributed by atoms with Gasteiger partial charge in [0.25, 0.3) is 0 Å². The van der Waals surface area contributed by atoms with Crippen molar-refractivity contribution in [2.45, 2.75) is 64.2 Å². The minimum atomic E-state index is -0.130. The molecule has 0 amide bonds. The van der Waals surface area contributed by atoms with Crippen LogP contribution in [0.25, 0.3) is 21.9 Å². The predicted octanol–water partition coefficient (Wildman–Crippen LogP) is 6.89. The summed E-state index contributed by atoms with van der Waals surface area (Å²) >= 11 is 10.5. The van der Waals surface area contributed by atoms with Crippen molar-refractivity contribution in [1.29, 1.82) is 0 Å². The van der Waals surface area contributed by atoms with E-state index >= 15 is 0 Å². The van der Waals surface area contributed by atoms with Crippen LogP contribution in [0.5, 0.6) is 0 Å². The van der Waals surface area contributed by atoms with Crippen LogP contribution >= 0.6 is 24.4 Å². The van der Waals surface area contributed by atoms with Gasteiger partial charge in [-0.05, 0) is 150 Å². The molecule has 2 saturated heterocycles. The van der Waals surface area contributed by atoms with E-state index in [1.54, 1.807) is 6.07 Å². The molecule has 198 valence electrons. The zero-order chi connectivity index (χ0) is 25.8. The molecule has 0 bridgehead atoms. The van der Waals surface area contributed by atoms with Gasteiger partial charge < -0.3 is 24.4 Å². The van der Waals surface area contributed by atoms with Crippen molar-refractivity contribution < 1.29 is 14.6 Å². The van der Waals surface area contributed by atoms with E-state index in [1.807, 2.05) is 12.1 Å². The van der Waals surface area contributed by atoms with E-state index in [0.717, 1.165) is 77.4 Å². The number of furan rings is 1. The molecule has 5 rings (SSSR count). The van der Waals surface area contributed by atoms with Gasteiger partial charge >= 0.3 is 0 Å². The molecular weight excluding hydrogens is 500 g/mol. The number of aliphatic hydroxyl groups is 2. The molecule has 3 heterocycles. The lowest BCUT2D eigenvalue weighted by atomic mass is 9.90. The van der Waals surface area contributed by atoms with Crippen LogP contribution in [-0.2, 0) is 12.8 Å². The summed E-state index contributed by atoms with van der Waals surface area (Å²) in [5, 5.41) is 22.5. The van der Waals surface area contributed by atoms with E-state index in [9.17, 15) is 10.2 Å². The molecule has 2 aromatic carbocycles. The largest absolute Gasteiger partial charge is 0.499 e. The third-order valence-electron chi connectivity index (χ3n) is 8.12. The summed E-state index contributed by atoms with van der Waals surface area (Å²) in [6.07, 6.45) is 11.5. The number of rotatable bonds is 10. The topological polar surface area (TPSA) is 60.1 Å². The SMILES string of the molecule is OC(=S)c1ccc2oc3cc(CCCN4CCCCC4)c(C(O)=S)c(CCCN4CCCCC4)c3c2c1. The summed E-state index contributed by atoms with van der Waals surface area (Å²) in [5.74, 6) is 0. The minimum absolute atomic E-state index is 0.0361. The highest BCUT2D eigenvalue weighted by atomic mass is 32.1. The van der Waals surface area contributed by atoms with Gasteiger partial charge in [-0.1, -0.05) is 12.8 Å². The lowest BCUT2D eigenvalue weighted by Crippen LogP contribution is -2.31. The monoisotopic (exact) mass is 538 g/mol. The third kappa shape index (κ3) is 6.17. The van der Waals surface area contributed by atoms with Crippen molar-refractivity contribution >= 4 is 56.5 Å². The maximum Gasteiger partial charge on any atom is 0.189 e. The molecule has 3 aromatic rings. The second kappa shape index (κ2) is 12.2. The van der Waals surface area contributed by atoms with E-state index in [4.69, 9.17) is 28.9 Å². The second-order valence-electron chi connectivity index (χ2n) is 10.7. The first-order chi connectivity index (χ1) is 18.0. The normalized spacial score (nSPS) is 17.5. The predicted molar refractivity (Wildman–Crippen MR) is 160 cm³/mol. The summed E-state index contributed by atoms with van der Waals surface area (Å²) < 4.78 is 6.33. The molecule has 0 atom stereocenters. The van der Waals surface area contributed by atoms with Crippen molar-refractivity contribution in [2.75, 3.05) is 39.3 Å². The second-order valence-corrected chi connectivity index (χ2v) is 11.5. The van der Waals surface area contributed by atoms with Crippen LogP contribution in [0.4, 0.5) is 0 Å². The number of hydrogen-bond donors (Lipinski definition) is 2. The number of nitrogens with zero attached hydrogens (tertiary/aromatic N) is 2. The van der Waals surface area contributed by atoms with Crippen LogP contribution in [0.1, 0.15) is 73.6 Å². The molecular formula is C30H38N2O3S2. The van der Waals surface area contributed by atoms with E-state index in [2.05, 4.69) is 15.9 Å². The average Bonchev–Trinajstić information content (AvgIpc) is 3.27. The Hall–Kier alpha value is -2.06. The number of fused-ring (bicyclic) bond motifs is 3. The highest BCUT2D eigenvalue weighted by Crippen LogP contribution is 2.37. The van der Waals surface area contributed by atoms with Gasteiger partial charge in [-0.2, -0.15) is 0 Å². The van der Waals surface area contributed by atoms with E-state index in [1.165, 1.54) is 64.7 Å². The molecule has 0 radical (unpaired) electrons. The average molecular weight is 539 g/mol. The van der Waals surface area contributed by atoms with Crippen molar-refractivity contribution in [1.82, 2.24) is 9.80 Å². The van der Waals surface area contributed by atoms with Gasteiger partial charge in [0, 0.05) is 21.9 Å². The molecule has 2 fully saturated rings. The van der Waals surface area contributed by atoms with Gasteiger partial charge in [-0.25, -0.2) is 0 Å².